The molecule has 11 heteroatoms. The van der Waals surface area contributed by atoms with Gasteiger partial charge in [0.25, 0.3) is 5.91 Å². The van der Waals surface area contributed by atoms with Crippen LogP contribution >= 0.6 is 0 Å². The van der Waals surface area contributed by atoms with E-state index in [1.165, 1.54) is 0 Å². The number of amides is 3. The number of ether oxygens (including phenoxy) is 1. The highest BCUT2D eigenvalue weighted by Crippen LogP contribution is 2.26. The van der Waals surface area contributed by atoms with E-state index in [1.807, 2.05) is 39.2 Å². The number of methoxy groups -OCH3 is 1. The van der Waals surface area contributed by atoms with Crippen LogP contribution in [-0.2, 0) is 22.6 Å². The van der Waals surface area contributed by atoms with Crippen LogP contribution in [0.3, 0.4) is 0 Å². The fourth-order valence-electron chi connectivity index (χ4n) is 4.20. The number of nitrogens with zero attached hydrogens (tertiary/aromatic N) is 5. The maximum absolute atomic E-state index is 13.0. The van der Waals surface area contributed by atoms with Gasteiger partial charge in [0.1, 0.15) is 5.69 Å². The summed E-state index contributed by atoms with van der Waals surface area (Å²) in [5, 5.41) is 7.27. The molecule has 0 unspecified atom stereocenters. The van der Waals surface area contributed by atoms with Crippen molar-refractivity contribution in [3.63, 3.8) is 0 Å². The number of hydrogen-bond donors (Lipinski definition) is 2. The molecule has 3 amide bonds. The average molecular weight is 526 g/mol. The van der Waals surface area contributed by atoms with Gasteiger partial charge in [-0.3, -0.25) is 24.4 Å². The van der Waals surface area contributed by atoms with Crippen molar-refractivity contribution in [2.45, 2.75) is 66.2 Å². The molecule has 0 radical (unpaired) electrons. The summed E-state index contributed by atoms with van der Waals surface area (Å²) in [4.78, 5) is 42.1. The number of piperidine rings is 1. The van der Waals surface area contributed by atoms with Crippen molar-refractivity contribution in [3.8, 4) is 0 Å². The van der Waals surface area contributed by atoms with Crippen molar-refractivity contribution in [3.05, 3.63) is 41.2 Å². The first-order valence-electron chi connectivity index (χ1n) is 12.9. The third kappa shape index (κ3) is 7.18. The maximum atomic E-state index is 13.0. The highest BCUT2D eigenvalue weighted by Gasteiger charge is 2.23. The zero-order chi connectivity index (χ0) is 28.0. The van der Waals surface area contributed by atoms with Crippen LogP contribution in [-0.4, -0.2) is 68.3 Å². The zero-order valence-corrected chi connectivity index (χ0v) is 23.2. The Kier molecular flexibility index (Phi) is 9.26. The lowest BCUT2D eigenvalue weighted by molar-refractivity contribution is -0.119. The summed E-state index contributed by atoms with van der Waals surface area (Å²) >= 11 is 0. The molecule has 1 aliphatic rings. The summed E-state index contributed by atoms with van der Waals surface area (Å²) in [5.74, 6) is -0.0880. The van der Waals surface area contributed by atoms with Crippen LogP contribution in [0.15, 0.2) is 24.3 Å². The number of fused-ring (bicyclic) bond motifs is 1. The molecule has 3 aromatic rings. The van der Waals surface area contributed by atoms with Crippen LogP contribution in [0.4, 0.5) is 5.95 Å². The van der Waals surface area contributed by atoms with Crippen LogP contribution in [0.2, 0.25) is 0 Å². The molecule has 1 saturated heterocycles. The molecule has 0 atom stereocenters. The second kappa shape index (κ2) is 12.2. The van der Waals surface area contributed by atoms with E-state index < -0.39 is 5.91 Å². The number of primary amides is 1. The number of imidazole rings is 1. The number of aryl methyl sites for hydroxylation is 2. The first kappa shape index (κ1) is 28.8. The van der Waals surface area contributed by atoms with Gasteiger partial charge >= 0.3 is 0 Å². The van der Waals surface area contributed by atoms with Crippen LogP contribution in [0, 0.1) is 12.8 Å². The Morgan fingerprint density at radius 2 is 1.87 bits per heavy atom. The topological polar surface area (TPSA) is 137 Å². The highest BCUT2D eigenvalue weighted by molar-refractivity contribution is 6.03. The number of carbonyl (C=O) groups excluding carboxylic acids is 3. The molecule has 206 valence electrons. The molecule has 0 spiro atoms. The third-order valence-corrected chi connectivity index (χ3v) is 6.54. The first-order chi connectivity index (χ1) is 17.9. The minimum atomic E-state index is -0.532. The smallest absolute Gasteiger partial charge is 0.276 e. The van der Waals surface area contributed by atoms with Crippen LogP contribution in [0.25, 0.3) is 11.0 Å². The Balaban J connectivity index is 0.000000599. The molecule has 38 heavy (non-hydrogen) atoms. The number of benzene rings is 1. The lowest BCUT2D eigenvalue weighted by atomic mass is 9.97. The second-order valence-corrected chi connectivity index (χ2v) is 10.5. The normalized spacial score (nSPS) is 14.2. The third-order valence-electron chi connectivity index (χ3n) is 6.54. The number of nitrogens with one attached hydrogen (secondary N) is 1. The molecule has 11 nitrogen and oxygen atoms in total. The number of aromatic nitrogens is 4. The van der Waals surface area contributed by atoms with Gasteiger partial charge in [-0.25, -0.2) is 4.98 Å². The largest absolute Gasteiger partial charge is 0.379 e. The van der Waals surface area contributed by atoms with Crippen molar-refractivity contribution in [2.24, 2.45) is 11.7 Å². The molecule has 0 bridgehead atoms. The van der Waals surface area contributed by atoms with Crippen molar-refractivity contribution >= 4 is 35.2 Å². The van der Waals surface area contributed by atoms with Crippen molar-refractivity contribution in [1.29, 1.82) is 0 Å². The second-order valence-electron chi connectivity index (χ2n) is 10.5. The van der Waals surface area contributed by atoms with Gasteiger partial charge in [-0.05, 0) is 77.6 Å². The Bertz CT molecular complexity index is 1280. The molecule has 1 aromatic carbocycles. The Labute approximate surface area is 223 Å². The minimum Gasteiger partial charge on any atom is -0.379 e. The fraction of sp³-hybridized carbons (Fsp3) is 0.519. The summed E-state index contributed by atoms with van der Waals surface area (Å²) in [5.41, 5.74) is 8.45. The van der Waals surface area contributed by atoms with E-state index in [0.29, 0.717) is 54.8 Å². The number of carbonyl (C=O) groups is 3. The molecule has 1 aliphatic heterocycles. The molecule has 4 rings (SSSR count). The van der Waals surface area contributed by atoms with Crippen LogP contribution in [0.5, 0.6) is 0 Å². The minimum absolute atomic E-state index is 0.0417. The fourth-order valence-corrected chi connectivity index (χ4v) is 4.20. The van der Waals surface area contributed by atoms with Gasteiger partial charge in [-0.2, -0.15) is 5.10 Å². The SMILES string of the molecule is CCn1nc(C)cc1C(=O)Nc1nc2cc(C(N)=O)ccc2n1CC1CCN(C=O)CC1.COC(C)(C)C. The molecule has 1 fully saturated rings. The van der Waals surface area contributed by atoms with Crippen molar-refractivity contribution in [2.75, 3.05) is 25.5 Å². The van der Waals surface area contributed by atoms with E-state index in [1.54, 1.807) is 41.0 Å². The van der Waals surface area contributed by atoms with Crippen molar-refractivity contribution < 1.29 is 19.1 Å². The van der Waals surface area contributed by atoms with Gasteiger partial charge in [-0.1, -0.05) is 0 Å². The van der Waals surface area contributed by atoms with Gasteiger partial charge in [0.05, 0.1) is 22.3 Å². The Hall–Kier alpha value is -3.73. The number of anilines is 1. The quantitative estimate of drug-likeness (QED) is 0.455. The molecular formula is C27H39N7O4. The number of hydrogen-bond acceptors (Lipinski definition) is 6. The van der Waals surface area contributed by atoms with Gasteiger partial charge in [0.2, 0.25) is 18.3 Å². The van der Waals surface area contributed by atoms with E-state index in [-0.39, 0.29) is 11.5 Å². The van der Waals surface area contributed by atoms with Gasteiger partial charge < -0.3 is 19.9 Å². The summed E-state index contributed by atoms with van der Waals surface area (Å²) in [6, 6.07) is 6.85. The summed E-state index contributed by atoms with van der Waals surface area (Å²) < 4.78 is 8.56. The molecule has 2 aromatic heterocycles. The zero-order valence-electron chi connectivity index (χ0n) is 23.2. The molecule has 0 aliphatic carbocycles. The molecular weight excluding hydrogens is 486 g/mol. The van der Waals surface area contributed by atoms with Crippen molar-refractivity contribution in [1.82, 2.24) is 24.2 Å². The lowest BCUT2D eigenvalue weighted by Crippen LogP contribution is -2.34. The summed E-state index contributed by atoms with van der Waals surface area (Å²) in [6.45, 7) is 12.5. The van der Waals surface area contributed by atoms with Crippen LogP contribution in [0.1, 0.15) is 67.1 Å². The predicted octanol–water partition coefficient (Wildman–Crippen LogP) is 3.21. The maximum Gasteiger partial charge on any atom is 0.276 e. The monoisotopic (exact) mass is 525 g/mol. The lowest BCUT2D eigenvalue weighted by Gasteiger charge is -2.29. The molecule has 0 saturated carbocycles. The van der Waals surface area contributed by atoms with E-state index in [2.05, 4.69) is 15.4 Å². The van der Waals surface area contributed by atoms with Gasteiger partial charge in [0.15, 0.2) is 0 Å². The van der Waals surface area contributed by atoms with Crippen LogP contribution < -0.4 is 11.1 Å². The molecule has 3 N–H and O–H groups in total. The average Bonchev–Trinajstić information content (AvgIpc) is 3.43. The Morgan fingerprint density at radius 1 is 1.21 bits per heavy atom. The number of rotatable bonds is 7. The summed E-state index contributed by atoms with van der Waals surface area (Å²) in [6.07, 6.45) is 2.62. The Morgan fingerprint density at radius 3 is 2.42 bits per heavy atom. The first-order valence-corrected chi connectivity index (χ1v) is 12.9. The van der Waals surface area contributed by atoms with E-state index in [4.69, 9.17) is 10.5 Å². The number of nitrogens with two attached hydrogens (primary N) is 1. The van der Waals surface area contributed by atoms with E-state index in [0.717, 1.165) is 30.5 Å². The molecule has 3 heterocycles. The summed E-state index contributed by atoms with van der Waals surface area (Å²) in [7, 11) is 1.71. The van der Waals surface area contributed by atoms with Gasteiger partial charge in [0, 0.05) is 38.9 Å². The van der Waals surface area contributed by atoms with Gasteiger partial charge in [-0.15, -0.1) is 0 Å². The standard InChI is InChI=1S/C22H27N7O3.C5H12O/c1-3-29-19(10-14(2)26-29)21(32)25-22-24-17-11-16(20(23)31)4-5-18(17)28(22)12-15-6-8-27(13-30)9-7-15;1-5(2,3)6-4/h4-5,10-11,13,15H,3,6-9,12H2,1-2H3,(H2,23,31)(H,24,25,32);1-4H3. The van der Waals surface area contributed by atoms with E-state index >= 15 is 0 Å². The predicted molar refractivity (Wildman–Crippen MR) is 146 cm³/mol. The highest BCUT2D eigenvalue weighted by atomic mass is 16.5. The van der Waals surface area contributed by atoms with E-state index in [9.17, 15) is 14.4 Å². The number of likely N-dealkylation sites (tertiary alicyclic amines) is 1.